The number of hydrogen-bond donors (Lipinski definition) is 0. The molecule has 2 aliphatic rings. The lowest BCUT2D eigenvalue weighted by Crippen LogP contribution is -2.43. The highest BCUT2D eigenvalue weighted by molar-refractivity contribution is 5.94. The van der Waals surface area contributed by atoms with Crippen LogP contribution in [0, 0.1) is 0 Å². The average Bonchev–Trinajstić information content (AvgIpc) is 3.33. The fourth-order valence-corrected chi connectivity index (χ4v) is 4.91. The molecule has 0 N–H and O–H groups in total. The maximum absolute atomic E-state index is 13.2. The number of hydrogen-bond acceptors (Lipinski definition) is 4. The standard InChI is InChI=1S/C27H35N3O3/c1-27(2,3)33-26(32)30(22-13-7-8-14-22)24-17-16-21(19-28-24)23-15-9-10-18-29(23)25(31)20-11-5-4-6-12-20/h4-6,11-12,16-17,19,22-23H,7-10,13-15,18H2,1-3H3/t23-/m0/s1. The smallest absolute Gasteiger partial charge is 0.416 e. The van der Waals surface area contributed by atoms with E-state index in [9.17, 15) is 9.59 Å². The Morgan fingerprint density at radius 3 is 2.30 bits per heavy atom. The molecule has 1 aliphatic heterocycles. The van der Waals surface area contributed by atoms with Crippen molar-refractivity contribution in [1.29, 1.82) is 0 Å². The number of piperidine rings is 1. The summed E-state index contributed by atoms with van der Waals surface area (Å²) < 4.78 is 5.70. The second-order valence-corrected chi connectivity index (χ2v) is 10.1. The molecule has 1 atom stereocenters. The van der Waals surface area contributed by atoms with E-state index in [-0.39, 0.29) is 24.1 Å². The third-order valence-corrected chi connectivity index (χ3v) is 6.47. The van der Waals surface area contributed by atoms with E-state index in [2.05, 4.69) is 0 Å². The van der Waals surface area contributed by atoms with Crippen LogP contribution in [0.3, 0.4) is 0 Å². The molecule has 2 aromatic rings. The van der Waals surface area contributed by atoms with E-state index in [1.807, 2.05) is 74.3 Å². The van der Waals surface area contributed by atoms with Crippen LogP contribution in [-0.4, -0.2) is 40.1 Å². The number of anilines is 1. The molecule has 2 amide bonds. The first-order chi connectivity index (χ1) is 15.8. The number of rotatable bonds is 4. The number of aromatic nitrogens is 1. The Morgan fingerprint density at radius 1 is 0.970 bits per heavy atom. The molecule has 2 fully saturated rings. The van der Waals surface area contributed by atoms with Crippen LogP contribution in [0.25, 0.3) is 0 Å². The zero-order valence-electron chi connectivity index (χ0n) is 20.0. The summed E-state index contributed by atoms with van der Waals surface area (Å²) in [5, 5.41) is 0. The van der Waals surface area contributed by atoms with Gasteiger partial charge in [0.05, 0.1) is 6.04 Å². The number of carbonyl (C=O) groups excluding carboxylic acids is 2. The van der Waals surface area contributed by atoms with Gasteiger partial charge in [-0.15, -0.1) is 0 Å². The van der Waals surface area contributed by atoms with Crippen LogP contribution in [0.15, 0.2) is 48.7 Å². The van der Waals surface area contributed by atoms with Crippen molar-refractivity contribution in [1.82, 2.24) is 9.88 Å². The van der Waals surface area contributed by atoms with Gasteiger partial charge >= 0.3 is 6.09 Å². The predicted molar refractivity (Wildman–Crippen MR) is 129 cm³/mol. The van der Waals surface area contributed by atoms with Crippen molar-refractivity contribution >= 4 is 17.8 Å². The highest BCUT2D eigenvalue weighted by Gasteiger charge is 2.33. The summed E-state index contributed by atoms with van der Waals surface area (Å²) >= 11 is 0. The molecule has 33 heavy (non-hydrogen) atoms. The highest BCUT2D eigenvalue weighted by atomic mass is 16.6. The van der Waals surface area contributed by atoms with Crippen LogP contribution < -0.4 is 4.90 Å². The Morgan fingerprint density at radius 2 is 1.67 bits per heavy atom. The molecule has 1 saturated carbocycles. The lowest BCUT2D eigenvalue weighted by molar-refractivity contribution is 0.0564. The number of nitrogens with zero attached hydrogens (tertiary/aromatic N) is 3. The molecule has 6 heteroatoms. The molecule has 1 aromatic heterocycles. The largest absolute Gasteiger partial charge is 0.443 e. The SMILES string of the molecule is CC(C)(C)OC(=O)N(c1ccc([C@@H]2CCCCN2C(=O)c2ccccc2)cn1)C1CCCC1. The molecular formula is C27H35N3O3. The molecule has 0 spiro atoms. The normalized spacial score (nSPS) is 19.4. The van der Waals surface area contributed by atoms with E-state index in [4.69, 9.17) is 9.72 Å². The van der Waals surface area contributed by atoms with E-state index in [0.717, 1.165) is 57.1 Å². The van der Waals surface area contributed by atoms with Gasteiger partial charge in [0.25, 0.3) is 5.91 Å². The summed E-state index contributed by atoms with van der Waals surface area (Å²) in [6, 6.07) is 13.5. The maximum atomic E-state index is 13.2. The minimum atomic E-state index is -0.561. The summed E-state index contributed by atoms with van der Waals surface area (Å²) in [5.74, 6) is 0.683. The first kappa shape index (κ1) is 23.3. The zero-order chi connectivity index (χ0) is 23.4. The molecule has 6 nitrogen and oxygen atoms in total. The Labute approximate surface area is 196 Å². The van der Waals surface area contributed by atoms with Crippen molar-refractivity contribution in [2.75, 3.05) is 11.4 Å². The van der Waals surface area contributed by atoms with E-state index in [1.165, 1.54) is 0 Å². The van der Waals surface area contributed by atoms with Gasteiger partial charge in [0.1, 0.15) is 11.4 Å². The van der Waals surface area contributed by atoms with Crippen LogP contribution in [-0.2, 0) is 4.74 Å². The van der Waals surface area contributed by atoms with Gasteiger partial charge in [-0.25, -0.2) is 9.78 Å². The fraction of sp³-hybridized carbons (Fsp3) is 0.519. The van der Waals surface area contributed by atoms with Crippen molar-refractivity contribution in [2.24, 2.45) is 0 Å². The van der Waals surface area contributed by atoms with Crippen LogP contribution in [0.4, 0.5) is 10.6 Å². The first-order valence-corrected chi connectivity index (χ1v) is 12.2. The van der Waals surface area contributed by atoms with E-state index < -0.39 is 5.60 Å². The van der Waals surface area contributed by atoms with Gasteiger partial charge < -0.3 is 9.64 Å². The van der Waals surface area contributed by atoms with E-state index in [0.29, 0.717) is 11.4 Å². The summed E-state index contributed by atoms with van der Waals surface area (Å²) in [6.45, 7) is 6.40. The van der Waals surface area contributed by atoms with Crippen LogP contribution >= 0.6 is 0 Å². The zero-order valence-corrected chi connectivity index (χ0v) is 20.0. The van der Waals surface area contributed by atoms with Crippen LogP contribution in [0.1, 0.15) is 87.7 Å². The quantitative estimate of drug-likeness (QED) is 0.563. The molecule has 1 aromatic carbocycles. The van der Waals surface area contributed by atoms with Crippen molar-refractivity contribution in [3.8, 4) is 0 Å². The van der Waals surface area contributed by atoms with Crippen molar-refractivity contribution in [2.45, 2.75) is 83.4 Å². The number of amides is 2. The van der Waals surface area contributed by atoms with Gasteiger partial charge in [-0.3, -0.25) is 9.69 Å². The van der Waals surface area contributed by atoms with Crippen molar-refractivity contribution < 1.29 is 14.3 Å². The number of benzene rings is 1. The fourth-order valence-electron chi connectivity index (χ4n) is 4.91. The summed E-state index contributed by atoms with van der Waals surface area (Å²) in [6.07, 6.45) is 8.65. The second-order valence-electron chi connectivity index (χ2n) is 10.1. The van der Waals surface area contributed by atoms with Crippen molar-refractivity contribution in [3.05, 3.63) is 59.8 Å². The topological polar surface area (TPSA) is 62.7 Å². The summed E-state index contributed by atoms with van der Waals surface area (Å²) in [4.78, 5) is 34.6. The summed E-state index contributed by atoms with van der Waals surface area (Å²) in [5.41, 5.74) is 1.17. The predicted octanol–water partition coefficient (Wildman–Crippen LogP) is 6.13. The van der Waals surface area contributed by atoms with Crippen LogP contribution in [0.5, 0.6) is 0 Å². The average molecular weight is 450 g/mol. The molecule has 4 rings (SSSR count). The third kappa shape index (κ3) is 5.55. The molecule has 0 bridgehead atoms. The molecular weight excluding hydrogens is 414 g/mol. The number of pyridine rings is 1. The molecule has 0 radical (unpaired) electrons. The minimum Gasteiger partial charge on any atom is -0.443 e. The number of likely N-dealkylation sites (tertiary alicyclic amines) is 1. The van der Waals surface area contributed by atoms with Crippen LogP contribution in [0.2, 0.25) is 0 Å². The molecule has 2 heterocycles. The van der Waals surface area contributed by atoms with E-state index >= 15 is 0 Å². The Bertz CT molecular complexity index is 947. The van der Waals surface area contributed by atoms with Gasteiger partial charge in [0.2, 0.25) is 0 Å². The maximum Gasteiger partial charge on any atom is 0.416 e. The lowest BCUT2D eigenvalue weighted by atomic mass is 9.95. The van der Waals surface area contributed by atoms with E-state index in [1.54, 1.807) is 4.90 Å². The number of ether oxygens (including phenoxy) is 1. The van der Waals surface area contributed by atoms with Gasteiger partial charge in [-0.05, 0) is 76.6 Å². The van der Waals surface area contributed by atoms with Gasteiger partial charge in [0, 0.05) is 24.3 Å². The summed E-state index contributed by atoms with van der Waals surface area (Å²) in [7, 11) is 0. The molecule has 0 unspecified atom stereocenters. The second kappa shape index (κ2) is 9.94. The lowest BCUT2D eigenvalue weighted by Gasteiger charge is -2.36. The third-order valence-electron chi connectivity index (χ3n) is 6.47. The minimum absolute atomic E-state index is 0.00513. The van der Waals surface area contributed by atoms with Gasteiger partial charge in [-0.1, -0.05) is 37.1 Å². The Hall–Kier alpha value is -2.89. The molecule has 1 saturated heterocycles. The Balaban J connectivity index is 1.57. The Kier molecular flexibility index (Phi) is 7.01. The molecule has 176 valence electrons. The molecule has 1 aliphatic carbocycles. The highest BCUT2D eigenvalue weighted by Crippen LogP contribution is 2.34. The first-order valence-electron chi connectivity index (χ1n) is 12.2. The monoisotopic (exact) mass is 449 g/mol. The number of carbonyl (C=O) groups is 2. The van der Waals surface area contributed by atoms with Gasteiger partial charge in [-0.2, -0.15) is 0 Å². The van der Waals surface area contributed by atoms with Crippen molar-refractivity contribution in [3.63, 3.8) is 0 Å². The van der Waals surface area contributed by atoms with Gasteiger partial charge in [0.15, 0.2) is 0 Å².